The molecule has 0 saturated heterocycles. The Morgan fingerprint density at radius 2 is 1.14 bits per heavy atom. The molecule has 0 N–H and O–H groups in total. The van der Waals surface area contributed by atoms with Gasteiger partial charge in [-0.2, -0.15) is 0 Å². The van der Waals surface area contributed by atoms with Crippen molar-refractivity contribution in [2.75, 3.05) is 0 Å². The predicted molar refractivity (Wildman–Crippen MR) is 73.1 cm³/mol. The van der Waals surface area contributed by atoms with Crippen molar-refractivity contribution in [3.63, 3.8) is 0 Å². The summed E-state index contributed by atoms with van der Waals surface area (Å²) in [5.41, 5.74) is -2.13. The summed E-state index contributed by atoms with van der Waals surface area (Å²) in [6, 6.07) is 1.07. The third kappa shape index (κ3) is 2.91. The summed E-state index contributed by atoms with van der Waals surface area (Å²) in [6.45, 7) is 4.38. The minimum absolute atomic E-state index is 0.232. The van der Waals surface area contributed by atoms with E-state index in [1.807, 2.05) is 0 Å². The molecule has 7 heteroatoms. The van der Waals surface area contributed by atoms with Gasteiger partial charge < -0.3 is 0 Å². The molecule has 0 unspecified atom stereocenters. The maximum atomic E-state index is 11.7. The molecule has 0 atom stereocenters. The average molecular weight is 291 g/mol. The SMILES string of the molecule is CC(=O)c1cc(C(C)=O)c(C(C)=O)c([N+](=O)[O-])c1C(C)=O. The third-order valence-electron chi connectivity index (χ3n) is 2.95. The first-order valence-corrected chi connectivity index (χ1v) is 5.98. The second-order valence-electron chi connectivity index (χ2n) is 4.55. The van der Waals surface area contributed by atoms with Crippen molar-refractivity contribution >= 4 is 28.8 Å². The molecule has 0 spiro atoms. The van der Waals surface area contributed by atoms with E-state index in [0.29, 0.717) is 0 Å². The standard InChI is InChI=1S/C14H13NO6/c1-6(16)10-5-11(7(2)17)13(9(4)19)14(15(20)21)12(10)8(3)18/h5H,1-4H3. The van der Waals surface area contributed by atoms with Crippen molar-refractivity contribution in [2.45, 2.75) is 27.7 Å². The highest BCUT2D eigenvalue weighted by atomic mass is 16.6. The highest BCUT2D eigenvalue weighted by Gasteiger charge is 2.33. The number of carbonyl (C=O) groups is 4. The van der Waals surface area contributed by atoms with Crippen LogP contribution in [-0.2, 0) is 0 Å². The Hall–Kier alpha value is -2.70. The lowest BCUT2D eigenvalue weighted by molar-refractivity contribution is -0.385. The molecule has 7 nitrogen and oxygen atoms in total. The summed E-state index contributed by atoms with van der Waals surface area (Å²) in [5.74, 6) is -2.63. The van der Waals surface area contributed by atoms with Crippen LogP contribution in [0.5, 0.6) is 0 Å². The zero-order chi connectivity index (χ0) is 16.5. The number of rotatable bonds is 5. The quantitative estimate of drug-likeness (QED) is 0.467. The van der Waals surface area contributed by atoms with Crippen molar-refractivity contribution in [1.29, 1.82) is 0 Å². The van der Waals surface area contributed by atoms with E-state index in [-0.39, 0.29) is 11.1 Å². The smallest absolute Gasteiger partial charge is 0.292 e. The fraction of sp³-hybridized carbons (Fsp3) is 0.286. The Balaban J connectivity index is 4.13. The molecule has 0 aliphatic heterocycles. The Morgan fingerprint density at radius 3 is 1.33 bits per heavy atom. The van der Waals surface area contributed by atoms with Gasteiger partial charge in [0.1, 0.15) is 11.1 Å². The number of Topliss-reactive ketones (excluding diaryl/α,β-unsaturated/α-hetero) is 4. The molecule has 0 bridgehead atoms. The van der Waals surface area contributed by atoms with Gasteiger partial charge in [0, 0.05) is 11.1 Å². The normalized spacial score (nSPS) is 10.1. The lowest BCUT2D eigenvalue weighted by Crippen LogP contribution is -2.16. The average Bonchev–Trinajstić information content (AvgIpc) is 2.34. The molecule has 0 heterocycles. The molecule has 21 heavy (non-hydrogen) atoms. The number of nitrogens with zero attached hydrogens (tertiary/aromatic N) is 1. The van der Waals surface area contributed by atoms with E-state index in [0.717, 1.165) is 33.8 Å². The van der Waals surface area contributed by atoms with Gasteiger partial charge in [-0.15, -0.1) is 0 Å². The highest BCUT2D eigenvalue weighted by molar-refractivity contribution is 6.18. The summed E-state index contributed by atoms with van der Waals surface area (Å²) in [7, 11) is 0. The van der Waals surface area contributed by atoms with Gasteiger partial charge in [-0.1, -0.05) is 0 Å². The van der Waals surface area contributed by atoms with Crippen molar-refractivity contribution < 1.29 is 24.1 Å². The molecule has 1 rings (SSSR count). The summed E-state index contributed by atoms with van der Waals surface area (Å²) in [5, 5.41) is 11.3. The van der Waals surface area contributed by atoms with Crippen LogP contribution in [0.15, 0.2) is 6.07 Å². The van der Waals surface area contributed by atoms with Crippen molar-refractivity contribution in [1.82, 2.24) is 0 Å². The number of hydrogen-bond acceptors (Lipinski definition) is 6. The first-order valence-electron chi connectivity index (χ1n) is 5.98. The van der Waals surface area contributed by atoms with Crippen molar-refractivity contribution in [3.05, 3.63) is 38.4 Å². The fourth-order valence-electron chi connectivity index (χ4n) is 2.12. The molecule has 0 saturated carbocycles. The van der Waals surface area contributed by atoms with E-state index >= 15 is 0 Å². The number of nitro groups is 1. The molecular formula is C14H13NO6. The van der Waals surface area contributed by atoms with Gasteiger partial charge in [-0.3, -0.25) is 29.3 Å². The maximum Gasteiger partial charge on any atom is 0.292 e. The topological polar surface area (TPSA) is 111 Å². The predicted octanol–water partition coefficient (Wildman–Crippen LogP) is 2.41. The Bertz CT molecular complexity index is 652. The zero-order valence-corrected chi connectivity index (χ0v) is 12.0. The second kappa shape index (κ2) is 5.74. The number of ketones is 4. The Kier molecular flexibility index (Phi) is 4.47. The van der Waals surface area contributed by atoms with Gasteiger partial charge in [-0.05, 0) is 33.8 Å². The molecule has 110 valence electrons. The number of nitro benzene ring substituents is 1. The van der Waals surface area contributed by atoms with Crippen molar-refractivity contribution in [3.8, 4) is 0 Å². The van der Waals surface area contributed by atoms with Crippen LogP contribution in [0.2, 0.25) is 0 Å². The fourth-order valence-corrected chi connectivity index (χ4v) is 2.12. The maximum absolute atomic E-state index is 11.7. The summed E-state index contributed by atoms with van der Waals surface area (Å²) < 4.78 is 0. The molecule has 0 fully saturated rings. The van der Waals surface area contributed by atoms with E-state index in [1.165, 1.54) is 0 Å². The summed E-state index contributed by atoms with van der Waals surface area (Å²) >= 11 is 0. The number of benzene rings is 1. The van der Waals surface area contributed by atoms with Crippen LogP contribution in [-0.4, -0.2) is 28.1 Å². The number of carbonyl (C=O) groups excluding carboxylic acids is 4. The van der Waals surface area contributed by atoms with Crippen LogP contribution < -0.4 is 0 Å². The summed E-state index contributed by atoms with van der Waals surface area (Å²) in [6.07, 6.45) is 0. The van der Waals surface area contributed by atoms with E-state index in [9.17, 15) is 29.3 Å². The Morgan fingerprint density at radius 1 is 0.810 bits per heavy atom. The van der Waals surface area contributed by atoms with E-state index in [4.69, 9.17) is 0 Å². The molecular weight excluding hydrogens is 278 g/mol. The second-order valence-corrected chi connectivity index (χ2v) is 4.55. The van der Waals surface area contributed by atoms with Gasteiger partial charge in [0.2, 0.25) is 0 Å². The summed E-state index contributed by atoms with van der Waals surface area (Å²) in [4.78, 5) is 57.0. The first kappa shape index (κ1) is 16.4. The first-order chi connectivity index (χ1) is 9.59. The molecule has 0 aromatic heterocycles. The molecule has 0 aliphatic carbocycles. The molecule has 0 aliphatic rings. The minimum atomic E-state index is -0.910. The van der Waals surface area contributed by atoms with Gasteiger partial charge >= 0.3 is 0 Å². The van der Waals surface area contributed by atoms with Crippen LogP contribution in [0.3, 0.4) is 0 Å². The van der Waals surface area contributed by atoms with E-state index in [2.05, 4.69) is 0 Å². The van der Waals surface area contributed by atoms with Gasteiger partial charge in [0.15, 0.2) is 23.1 Å². The number of hydrogen-bond donors (Lipinski definition) is 0. The molecule has 0 radical (unpaired) electrons. The largest absolute Gasteiger partial charge is 0.294 e. The third-order valence-corrected chi connectivity index (χ3v) is 2.95. The van der Waals surface area contributed by atoms with Gasteiger partial charge in [0.05, 0.1) is 4.92 Å². The van der Waals surface area contributed by atoms with Crippen molar-refractivity contribution in [2.24, 2.45) is 0 Å². The van der Waals surface area contributed by atoms with Crippen LogP contribution >= 0.6 is 0 Å². The lowest BCUT2D eigenvalue weighted by Gasteiger charge is -2.11. The molecule has 1 aromatic rings. The van der Waals surface area contributed by atoms with E-state index < -0.39 is 44.9 Å². The molecule has 1 aromatic carbocycles. The van der Waals surface area contributed by atoms with Crippen LogP contribution in [0.4, 0.5) is 5.69 Å². The lowest BCUT2D eigenvalue weighted by atomic mass is 9.89. The Labute approximate surface area is 120 Å². The van der Waals surface area contributed by atoms with Crippen LogP contribution in [0.1, 0.15) is 69.1 Å². The van der Waals surface area contributed by atoms with E-state index in [1.54, 1.807) is 0 Å². The van der Waals surface area contributed by atoms with Gasteiger partial charge in [0.25, 0.3) is 5.69 Å². The zero-order valence-electron chi connectivity index (χ0n) is 12.0. The monoisotopic (exact) mass is 291 g/mol. The van der Waals surface area contributed by atoms with Crippen LogP contribution in [0.25, 0.3) is 0 Å². The highest BCUT2D eigenvalue weighted by Crippen LogP contribution is 2.32. The molecule has 0 amide bonds. The minimum Gasteiger partial charge on any atom is -0.294 e. The van der Waals surface area contributed by atoms with Crippen LogP contribution in [0, 0.1) is 10.1 Å². The van der Waals surface area contributed by atoms with Gasteiger partial charge in [-0.25, -0.2) is 0 Å².